The van der Waals surface area contributed by atoms with Crippen molar-refractivity contribution in [3.63, 3.8) is 0 Å². The van der Waals surface area contributed by atoms with Gasteiger partial charge < -0.3 is 9.47 Å². The van der Waals surface area contributed by atoms with Gasteiger partial charge in [-0.15, -0.1) is 0 Å². The van der Waals surface area contributed by atoms with E-state index in [0.29, 0.717) is 17.9 Å². The SMILES string of the molecule is Cc1cc(S(=O)(=O)Cl)c(C)cc1OC1CCCOC1. The zero-order valence-corrected chi connectivity index (χ0v) is 12.6. The average Bonchev–Trinajstić information content (AvgIpc) is 2.33. The summed E-state index contributed by atoms with van der Waals surface area (Å²) in [5.41, 5.74) is 1.35. The summed E-state index contributed by atoms with van der Waals surface area (Å²) in [6, 6.07) is 3.27. The Hall–Kier alpha value is -0.780. The average molecular weight is 305 g/mol. The predicted molar refractivity (Wildman–Crippen MR) is 73.4 cm³/mol. The van der Waals surface area contributed by atoms with Gasteiger partial charge in [0.25, 0.3) is 9.05 Å². The lowest BCUT2D eigenvalue weighted by atomic mass is 10.1. The van der Waals surface area contributed by atoms with Gasteiger partial charge in [-0.25, -0.2) is 8.42 Å². The smallest absolute Gasteiger partial charge is 0.261 e. The first kappa shape index (κ1) is 14.6. The molecule has 0 aromatic heterocycles. The van der Waals surface area contributed by atoms with Crippen molar-refractivity contribution < 1.29 is 17.9 Å². The van der Waals surface area contributed by atoms with E-state index in [2.05, 4.69) is 0 Å². The second-order valence-electron chi connectivity index (χ2n) is 4.78. The molecule has 106 valence electrons. The number of hydrogen-bond donors (Lipinski definition) is 0. The molecule has 1 atom stereocenters. The maximum Gasteiger partial charge on any atom is 0.261 e. The predicted octanol–water partition coefficient (Wildman–Crippen LogP) is 2.79. The highest BCUT2D eigenvalue weighted by atomic mass is 35.7. The molecule has 19 heavy (non-hydrogen) atoms. The third-order valence-corrected chi connectivity index (χ3v) is 4.61. The summed E-state index contributed by atoms with van der Waals surface area (Å²) in [6.45, 7) is 4.87. The van der Waals surface area contributed by atoms with E-state index in [0.717, 1.165) is 25.0 Å². The first-order chi connectivity index (χ1) is 8.88. The molecule has 1 saturated heterocycles. The molecule has 1 heterocycles. The molecular weight excluding hydrogens is 288 g/mol. The Kier molecular flexibility index (Phi) is 4.38. The molecule has 4 nitrogen and oxygen atoms in total. The lowest BCUT2D eigenvalue weighted by Crippen LogP contribution is -2.28. The first-order valence-corrected chi connectivity index (χ1v) is 8.49. The summed E-state index contributed by atoms with van der Waals surface area (Å²) >= 11 is 0. The highest BCUT2D eigenvalue weighted by Crippen LogP contribution is 2.29. The van der Waals surface area contributed by atoms with Crippen LogP contribution in [0.5, 0.6) is 5.75 Å². The van der Waals surface area contributed by atoms with Crippen molar-refractivity contribution in [3.8, 4) is 5.75 Å². The van der Waals surface area contributed by atoms with Crippen LogP contribution in [0, 0.1) is 13.8 Å². The standard InChI is InChI=1S/C13H17ClO4S/c1-9-7-13(19(14,15)16)10(2)6-12(9)18-11-4-3-5-17-8-11/h6-7,11H,3-5,8H2,1-2H3. The molecule has 6 heteroatoms. The van der Waals surface area contributed by atoms with E-state index in [9.17, 15) is 8.42 Å². The molecule has 1 aliphatic heterocycles. The monoisotopic (exact) mass is 304 g/mol. The van der Waals surface area contributed by atoms with Crippen LogP contribution in [-0.2, 0) is 13.8 Å². The molecule has 1 unspecified atom stereocenters. The van der Waals surface area contributed by atoms with Crippen LogP contribution >= 0.6 is 10.7 Å². The van der Waals surface area contributed by atoms with Crippen LogP contribution in [-0.4, -0.2) is 27.7 Å². The molecule has 1 fully saturated rings. The molecule has 2 rings (SSSR count). The number of halogens is 1. The zero-order chi connectivity index (χ0) is 14.0. The molecule has 0 aliphatic carbocycles. The first-order valence-electron chi connectivity index (χ1n) is 6.18. The molecule has 0 amide bonds. The number of benzene rings is 1. The van der Waals surface area contributed by atoms with Crippen LogP contribution in [0.4, 0.5) is 0 Å². The normalized spacial score (nSPS) is 20.3. The third kappa shape index (κ3) is 3.61. The second kappa shape index (κ2) is 5.69. The van der Waals surface area contributed by atoms with Crippen molar-refractivity contribution in [2.24, 2.45) is 0 Å². The lowest BCUT2D eigenvalue weighted by molar-refractivity contribution is 0.00711. The summed E-state index contributed by atoms with van der Waals surface area (Å²) in [5.74, 6) is 0.692. The van der Waals surface area contributed by atoms with Gasteiger partial charge in [0.2, 0.25) is 0 Å². The van der Waals surface area contributed by atoms with E-state index in [-0.39, 0.29) is 11.0 Å². The Morgan fingerprint density at radius 2 is 2.05 bits per heavy atom. The van der Waals surface area contributed by atoms with Gasteiger partial charge in [-0.05, 0) is 49.9 Å². The number of aryl methyl sites for hydroxylation is 2. The summed E-state index contributed by atoms with van der Waals surface area (Å²) in [4.78, 5) is 0.138. The van der Waals surface area contributed by atoms with Crippen LogP contribution < -0.4 is 4.74 Å². The van der Waals surface area contributed by atoms with Gasteiger partial charge >= 0.3 is 0 Å². The summed E-state index contributed by atoms with van der Waals surface area (Å²) in [7, 11) is 1.68. The van der Waals surface area contributed by atoms with Crippen LogP contribution in [0.1, 0.15) is 24.0 Å². The zero-order valence-electron chi connectivity index (χ0n) is 11.0. The summed E-state index contributed by atoms with van der Waals surface area (Å²) in [5, 5.41) is 0. The van der Waals surface area contributed by atoms with Crippen LogP contribution in [0.2, 0.25) is 0 Å². The van der Waals surface area contributed by atoms with E-state index >= 15 is 0 Å². The molecule has 1 aliphatic rings. The fourth-order valence-corrected chi connectivity index (χ4v) is 3.40. The van der Waals surface area contributed by atoms with E-state index in [4.69, 9.17) is 20.2 Å². The van der Waals surface area contributed by atoms with Gasteiger partial charge in [0.05, 0.1) is 11.5 Å². The lowest BCUT2D eigenvalue weighted by Gasteiger charge is -2.24. The second-order valence-corrected chi connectivity index (χ2v) is 7.31. The van der Waals surface area contributed by atoms with Crippen LogP contribution in [0.3, 0.4) is 0 Å². The van der Waals surface area contributed by atoms with Gasteiger partial charge in [-0.2, -0.15) is 0 Å². The van der Waals surface area contributed by atoms with Crippen molar-refractivity contribution in [2.75, 3.05) is 13.2 Å². The minimum absolute atomic E-state index is 0.0327. The maximum absolute atomic E-state index is 11.4. The Bertz CT molecular complexity index is 562. The van der Waals surface area contributed by atoms with Crippen LogP contribution in [0.15, 0.2) is 17.0 Å². The highest BCUT2D eigenvalue weighted by Gasteiger charge is 2.19. The van der Waals surface area contributed by atoms with Gasteiger partial charge in [-0.1, -0.05) is 0 Å². The molecule has 0 N–H and O–H groups in total. The summed E-state index contributed by atoms with van der Waals surface area (Å²) in [6.07, 6.45) is 1.97. The van der Waals surface area contributed by atoms with Crippen molar-refractivity contribution in [1.29, 1.82) is 0 Å². The molecule has 1 aromatic rings. The number of ether oxygens (including phenoxy) is 2. The van der Waals surface area contributed by atoms with E-state index in [1.54, 1.807) is 19.1 Å². The van der Waals surface area contributed by atoms with Crippen molar-refractivity contribution in [3.05, 3.63) is 23.3 Å². The fourth-order valence-electron chi connectivity index (χ4n) is 2.14. The van der Waals surface area contributed by atoms with Gasteiger partial charge in [0.15, 0.2) is 0 Å². The van der Waals surface area contributed by atoms with Gasteiger partial charge in [-0.3, -0.25) is 0 Å². The van der Waals surface area contributed by atoms with Gasteiger partial charge in [0.1, 0.15) is 11.9 Å². The molecule has 1 aromatic carbocycles. The summed E-state index contributed by atoms with van der Waals surface area (Å²) < 4.78 is 34.1. The highest BCUT2D eigenvalue weighted by molar-refractivity contribution is 8.13. The Morgan fingerprint density at radius 1 is 1.32 bits per heavy atom. The molecule has 0 radical (unpaired) electrons. The Morgan fingerprint density at radius 3 is 2.63 bits per heavy atom. The minimum Gasteiger partial charge on any atom is -0.488 e. The third-order valence-electron chi connectivity index (χ3n) is 3.15. The molecule has 0 bridgehead atoms. The number of rotatable bonds is 3. The van der Waals surface area contributed by atoms with Gasteiger partial charge in [0, 0.05) is 17.3 Å². The Balaban J connectivity index is 2.25. The maximum atomic E-state index is 11.4. The Labute approximate surface area is 118 Å². The fraction of sp³-hybridized carbons (Fsp3) is 0.538. The minimum atomic E-state index is -3.71. The van der Waals surface area contributed by atoms with E-state index < -0.39 is 9.05 Å². The largest absolute Gasteiger partial charge is 0.488 e. The molecule has 0 spiro atoms. The van der Waals surface area contributed by atoms with Crippen LogP contribution in [0.25, 0.3) is 0 Å². The molecular formula is C13H17ClO4S. The van der Waals surface area contributed by atoms with Crippen molar-refractivity contribution in [2.45, 2.75) is 37.7 Å². The van der Waals surface area contributed by atoms with Crippen molar-refractivity contribution >= 4 is 19.7 Å². The quantitative estimate of drug-likeness (QED) is 0.806. The topological polar surface area (TPSA) is 52.6 Å². The molecule has 0 saturated carbocycles. The van der Waals surface area contributed by atoms with Crippen molar-refractivity contribution in [1.82, 2.24) is 0 Å². The van der Waals surface area contributed by atoms with E-state index in [1.807, 2.05) is 6.92 Å². The van der Waals surface area contributed by atoms with E-state index in [1.165, 1.54) is 0 Å². The number of hydrogen-bond acceptors (Lipinski definition) is 4.